The summed E-state index contributed by atoms with van der Waals surface area (Å²) in [6, 6.07) is 0. The van der Waals surface area contributed by atoms with Crippen LogP contribution < -0.4 is 5.73 Å². The van der Waals surface area contributed by atoms with Crippen LogP contribution >= 0.6 is 0 Å². The molecule has 2 fully saturated rings. The van der Waals surface area contributed by atoms with Crippen LogP contribution in [-0.4, -0.2) is 5.54 Å². The van der Waals surface area contributed by atoms with Crippen molar-refractivity contribution in [3.05, 3.63) is 0 Å². The highest BCUT2D eigenvalue weighted by Crippen LogP contribution is 2.53. The Morgan fingerprint density at radius 2 is 1.64 bits per heavy atom. The van der Waals surface area contributed by atoms with Gasteiger partial charge in [0.25, 0.3) is 0 Å². The zero-order valence-electron chi connectivity index (χ0n) is 9.97. The minimum Gasteiger partial charge on any atom is -0.325 e. The van der Waals surface area contributed by atoms with Gasteiger partial charge in [0.15, 0.2) is 0 Å². The quantitative estimate of drug-likeness (QED) is 0.682. The molecule has 0 bridgehead atoms. The monoisotopic (exact) mass is 195 g/mol. The maximum atomic E-state index is 6.41. The normalized spacial score (nSPS) is 36.9. The molecule has 0 aliphatic heterocycles. The molecule has 1 nitrogen and oxygen atoms in total. The van der Waals surface area contributed by atoms with Crippen LogP contribution in [0.5, 0.6) is 0 Å². The predicted molar refractivity (Wildman–Crippen MR) is 61.1 cm³/mol. The van der Waals surface area contributed by atoms with E-state index in [9.17, 15) is 0 Å². The van der Waals surface area contributed by atoms with Crippen LogP contribution in [0.25, 0.3) is 0 Å². The molecule has 82 valence electrons. The van der Waals surface area contributed by atoms with Crippen molar-refractivity contribution in [3.63, 3.8) is 0 Å². The fourth-order valence-corrected chi connectivity index (χ4v) is 3.37. The Hall–Kier alpha value is -0.0400. The number of hydrogen-bond acceptors (Lipinski definition) is 1. The number of nitrogens with two attached hydrogens (primary N) is 1. The molecule has 1 heteroatoms. The molecule has 2 N–H and O–H groups in total. The zero-order chi connectivity index (χ0) is 10.4. The van der Waals surface area contributed by atoms with E-state index in [-0.39, 0.29) is 5.54 Å². The van der Waals surface area contributed by atoms with E-state index in [4.69, 9.17) is 5.73 Å². The Kier molecular flexibility index (Phi) is 2.42. The maximum Gasteiger partial charge on any atom is 0.0187 e. The van der Waals surface area contributed by atoms with Gasteiger partial charge in [-0.1, -0.05) is 33.6 Å². The van der Waals surface area contributed by atoms with Crippen LogP contribution in [0.15, 0.2) is 0 Å². The van der Waals surface area contributed by atoms with E-state index in [0.29, 0.717) is 5.41 Å². The Bertz CT molecular complexity index is 197. The Morgan fingerprint density at radius 1 is 1.07 bits per heavy atom. The maximum absolute atomic E-state index is 6.41. The van der Waals surface area contributed by atoms with E-state index in [1.807, 2.05) is 0 Å². The Balaban J connectivity index is 2.11. The third kappa shape index (κ3) is 1.84. The van der Waals surface area contributed by atoms with Gasteiger partial charge in [0.1, 0.15) is 0 Å². The van der Waals surface area contributed by atoms with Gasteiger partial charge in [-0.05, 0) is 42.9 Å². The molecule has 0 aromatic carbocycles. The van der Waals surface area contributed by atoms with Crippen molar-refractivity contribution in [3.8, 4) is 0 Å². The van der Waals surface area contributed by atoms with E-state index >= 15 is 0 Å². The standard InChI is InChI=1S/C13H25N/c1-12(2,3)10-6-4-5-7-11(10)13(14)8-9-13/h10-11H,4-9,14H2,1-3H3. The summed E-state index contributed by atoms with van der Waals surface area (Å²) < 4.78 is 0. The molecule has 0 amide bonds. The Morgan fingerprint density at radius 3 is 2.14 bits per heavy atom. The average Bonchev–Trinajstić information content (AvgIpc) is 2.84. The van der Waals surface area contributed by atoms with Gasteiger partial charge in [-0.2, -0.15) is 0 Å². The van der Waals surface area contributed by atoms with E-state index in [1.54, 1.807) is 0 Å². The first-order valence-electron chi connectivity index (χ1n) is 6.22. The SMILES string of the molecule is CC(C)(C)C1CCCCC1C1(N)CC1. The van der Waals surface area contributed by atoms with Crippen LogP contribution in [-0.2, 0) is 0 Å². The summed E-state index contributed by atoms with van der Waals surface area (Å²) in [6.45, 7) is 7.17. The molecule has 0 aromatic rings. The van der Waals surface area contributed by atoms with Gasteiger partial charge < -0.3 is 5.73 Å². The first-order chi connectivity index (χ1) is 6.43. The van der Waals surface area contributed by atoms with Crippen LogP contribution in [0.2, 0.25) is 0 Å². The number of rotatable bonds is 1. The van der Waals surface area contributed by atoms with Crippen LogP contribution in [0, 0.1) is 17.3 Å². The largest absolute Gasteiger partial charge is 0.325 e. The zero-order valence-corrected chi connectivity index (χ0v) is 9.97. The van der Waals surface area contributed by atoms with Gasteiger partial charge >= 0.3 is 0 Å². The van der Waals surface area contributed by atoms with Crippen molar-refractivity contribution in [2.45, 2.75) is 64.8 Å². The molecule has 2 aliphatic rings. The summed E-state index contributed by atoms with van der Waals surface area (Å²) in [4.78, 5) is 0. The second-order valence-electron chi connectivity index (χ2n) is 6.60. The van der Waals surface area contributed by atoms with Gasteiger partial charge in [-0.3, -0.25) is 0 Å². The summed E-state index contributed by atoms with van der Waals surface area (Å²) in [7, 11) is 0. The lowest BCUT2D eigenvalue weighted by atomic mass is 9.63. The molecule has 0 spiro atoms. The molecule has 14 heavy (non-hydrogen) atoms. The number of hydrogen-bond donors (Lipinski definition) is 1. The minimum absolute atomic E-state index is 0.248. The van der Waals surface area contributed by atoms with Crippen molar-refractivity contribution < 1.29 is 0 Å². The van der Waals surface area contributed by atoms with Gasteiger partial charge in [-0.15, -0.1) is 0 Å². The van der Waals surface area contributed by atoms with Crippen LogP contribution in [0.3, 0.4) is 0 Å². The lowest BCUT2D eigenvalue weighted by Crippen LogP contribution is -2.43. The molecule has 0 aromatic heterocycles. The van der Waals surface area contributed by atoms with Gasteiger partial charge in [-0.25, -0.2) is 0 Å². The summed E-state index contributed by atoms with van der Waals surface area (Å²) in [5.41, 5.74) is 7.12. The van der Waals surface area contributed by atoms with Crippen molar-refractivity contribution in [1.29, 1.82) is 0 Å². The predicted octanol–water partition coefficient (Wildman–Crippen LogP) is 3.33. The smallest absolute Gasteiger partial charge is 0.0187 e. The van der Waals surface area contributed by atoms with E-state index in [0.717, 1.165) is 11.8 Å². The Labute approximate surface area is 88.4 Å². The molecule has 2 unspecified atom stereocenters. The highest BCUT2D eigenvalue weighted by Gasteiger charge is 2.51. The first kappa shape index (κ1) is 10.5. The first-order valence-corrected chi connectivity index (χ1v) is 6.22. The molecule has 0 heterocycles. The summed E-state index contributed by atoms with van der Waals surface area (Å²) in [6.07, 6.45) is 8.20. The second-order valence-corrected chi connectivity index (χ2v) is 6.60. The van der Waals surface area contributed by atoms with E-state index in [2.05, 4.69) is 20.8 Å². The molecular weight excluding hydrogens is 170 g/mol. The molecule has 0 radical (unpaired) electrons. The van der Waals surface area contributed by atoms with Crippen molar-refractivity contribution >= 4 is 0 Å². The second kappa shape index (κ2) is 3.23. The van der Waals surface area contributed by atoms with Crippen molar-refractivity contribution in [2.75, 3.05) is 0 Å². The minimum atomic E-state index is 0.248. The summed E-state index contributed by atoms with van der Waals surface area (Å²) in [5, 5.41) is 0. The highest BCUT2D eigenvalue weighted by atomic mass is 14.8. The highest BCUT2D eigenvalue weighted by molar-refractivity contribution is 5.07. The molecule has 0 saturated heterocycles. The molecule has 2 saturated carbocycles. The van der Waals surface area contributed by atoms with Gasteiger partial charge in [0.05, 0.1) is 0 Å². The fourth-order valence-electron chi connectivity index (χ4n) is 3.37. The fraction of sp³-hybridized carbons (Fsp3) is 1.00. The third-order valence-corrected chi connectivity index (χ3v) is 4.44. The van der Waals surface area contributed by atoms with E-state index < -0.39 is 0 Å². The van der Waals surface area contributed by atoms with Gasteiger partial charge in [0.2, 0.25) is 0 Å². The molecule has 2 atom stereocenters. The lowest BCUT2D eigenvalue weighted by Gasteiger charge is -2.43. The lowest BCUT2D eigenvalue weighted by molar-refractivity contribution is 0.0828. The van der Waals surface area contributed by atoms with E-state index in [1.165, 1.54) is 38.5 Å². The topological polar surface area (TPSA) is 26.0 Å². The molecule has 2 aliphatic carbocycles. The van der Waals surface area contributed by atoms with Crippen LogP contribution in [0.1, 0.15) is 59.3 Å². The molecule has 2 rings (SSSR count). The van der Waals surface area contributed by atoms with Crippen LogP contribution in [0.4, 0.5) is 0 Å². The summed E-state index contributed by atoms with van der Waals surface area (Å²) in [5.74, 6) is 1.68. The average molecular weight is 195 g/mol. The van der Waals surface area contributed by atoms with Gasteiger partial charge in [0, 0.05) is 5.54 Å². The van der Waals surface area contributed by atoms with Crippen molar-refractivity contribution in [2.24, 2.45) is 23.0 Å². The molecular formula is C13H25N. The third-order valence-electron chi connectivity index (χ3n) is 4.44. The van der Waals surface area contributed by atoms with Crippen molar-refractivity contribution in [1.82, 2.24) is 0 Å². The summed E-state index contributed by atoms with van der Waals surface area (Å²) >= 11 is 0.